The molecule has 8 nitrogen and oxygen atoms in total. The molecule has 0 spiro atoms. The van der Waals surface area contributed by atoms with Crippen molar-refractivity contribution in [3.05, 3.63) is 89.5 Å². The van der Waals surface area contributed by atoms with Crippen LogP contribution in [0.3, 0.4) is 0 Å². The lowest BCUT2D eigenvalue weighted by atomic mass is 10.1. The van der Waals surface area contributed by atoms with Crippen LogP contribution < -0.4 is 14.4 Å². The number of rotatable bonds is 12. The molecule has 0 saturated carbocycles. The van der Waals surface area contributed by atoms with Crippen molar-refractivity contribution in [3.8, 4) is 5.75 Å². The Balaban J connectivity index is 2.05. The number of benzene rings is 3. The minimum absolute atomic E-state index is 0.0572. The van der Waals surface area contributed by atoms with Gasteiger partial charge in [-0.2, -0.15) is 0 Å². The van der Waals surface area contributed by atoms with Crippen LogP contribution in [0, 0.1) is 13.8 Å². The fourth-order valence-electron chi connectivity index (χ4n) is 4.15. The third-order valence-corrected chi connectivity index (χ3v) is 8.79. The average Bonchev–Trinajstić information content (AvgIpc) is 2.95. The zero-order chi connectivity index (χ0) is 29.4. The van der Waals surface area contributed by atoms with Crippen molar-refractivity contribution in [3.63, 3.8) is 0 Å². The zero-order valence-electron chi connectivity index (χ0n) is 24.0. The lowest BCUT2D eigenvalue weighted by Gasteiger charge is -2.33. The fourth-order valence-corrected chi connectivity index (χ4v) is 5.56. The first-order valence-electron chi connectivity index (χ1n) is 13.4. The molecule has 0 heterocycles. The molecule has 0 aliphatic heterocycles. The summed E-state index contributed by atoms with van der Waals surface area (Å²) in [5.74, 6) is -0.355. The topological polar surface area (TPSA) is 96.0 Å². The van der Waals surface area contributed by atoms with Crippen molar-refractivity contribution < 1.29 is 22.7 Å². The molecule has 2 atom stereocenters. The Morgan fingerprint density at radius 1 is 0.950 bits per heavy atom. The van der Waals surface area contributed by atoms with Gasteiger partial charge in [-0.25, -0.2) is 8.42 Å². The number of nitrogens with zero attached hydrogens (tertiary/aromatic N) is 2. The first-order chi connectivity index (χ1) is 19.0. The van der Waals surface area contributed by atoms with E-state index in [9.17, 15) is 18.0 Å². The van der Waals surface area contributed by atoms with Crippen LogP contribution in [-0.2, 0) is 26.2 Å². The Hall–Kier alpha value is -3.85. The molecule has 0 bridgehead atoms. The van der Waals surface area contributed by atoms with E-state index in [0.717, 1.165) is 27.4 Å². The maximum Gasteiger partial charge on any atom is 0.264 e. The van der Waals surface area contributed by atoms with Crippen molar-refractivity contribution in [2.45, 2.75) is 64.6 Å². The van der Waals surface area contributed by atoms with Crippen molar-refractivity contribution in [2.24, 2.45) is 0 Å². The maximum atomic E-state index is 14.0. The SMILES string of the molecule is CC[C@@H](C)NC(=O)[C@H](C)N(Cc1ccccc1C)C(=O)CN(c1cccc(OC)c1)S(=O)(=O)c1ccc(C)cc1. The molecule has 9 heteroatoms. The number of aryl methyl sites for hydroxylation is 2. The molecule has 0 aliphatic rings. The molecule has 214 valence electrons. The van der Waals surface area contributed by atoms with Gasteiger partial charge in [0.15, 0.2) is 0 Å². The van der Waals surface area contributed by atoms with Crippen LogP contribution >= 0.6 is 0 Å². The van der Waals surface area contributed by atoms with E-state index in [1.54, 1.807) is 43.3 Å². The minimum Gasteiger partial charge on any atom is -0.497 e. The molecular formula is C31H39N3O5S. The highest BCUT2D eigenvalue weighted by Gasteiger charge is 2.33. The van der Waals surface area contributed by atoms with Crippen molar-refractivity contribution >= 4 is 27.5 Å². The molecule has 0 saturated heterocycles. The van der Waals surface area contributed by atoms with Gasteiger partial charge in [0.1, 0.15) is 18.3 Å². The second-order valence-electron chi connectivity index (χ2n) is 9.97. The van der Waals surface area contributed by atoms with E-state index in [4.69, 9.17) is 4.74 Å². The molecular weight excluding hydrogens is 526 g/mol. The Morgan fingerprint density at radius 2 is 1.62 bits per heavy atom. The van der Waals surface area contributed by atoms with Gasteiger partial charge >= 0.3 is 0 Å². The highest BCUT2D eigenvalue weighted by molar-refractivity contribution is 7.92. The third kappa shape index (κ3) is 7.41. The van der Waals surface area contributed by atoms with Gasteiger partial charge in [-0.15, -0.1) is 0 Å². The molecule has 2 amide bonds. The predicted molar refractivity (Wildman–Crippen MR) is 158 cm³/mol. The zero-order valence-corrected chi connectivity index (χ0v) is 24.9. The summed E-state index contributed by atoms with van der Waals surface area (Å²) in [6, 6.07) is 19.7. The minimum atomic E-state index is -4.14. The van der Waals surface area contributed by atoms with Crippen LogP contribution in [0.25, 0.3) is 0 Å². The van der Waals surface area contributed by atoms with Crippen LogP contribution in [0.2, 0.25) is 0 Å². The Morgan fingerprint density at radius 3 is 2.25 bits per heavy atom. The molecule has 0 unspecified atom stereocenters. The number of carbonyl (C=O) groups is 2. The standard InChI is InChI=1S/C31H39N3O5S/c1-7-24(4)32-31(36)25(5)33(20-26-12-9-8-11-23(26)3)30(35)21-34(27-13-10-14-28(19-27)39-6)40(37,38)29-17-15-22(2)16-18-29/h8-19,24-25H,7,20-21H2,1-6H3,(H,32,36)/t24-,25+/m1/s1. The number of hydrogen-bond donors (Lipinski definition) is 1. The van der Waals surface area contributed by atoms with Gasteiger partial charge in [-0.1, -0.05) is 55.0 Å². The van der Waals surface area contributed by atoms with Gasteiger partial charge in [0, 0.05) is 18.7 Å². The van der Waals surface area contributed by atoms with Crippen molar-refractivity contribution in [1.29, 1.82) is 0 Å². The van der Waals surface area contributed by atoms with E-state index in [2.05, 4.69) is 5.32 Å². The van der Waals surface area contributed by atoms with E-state index in [1.807, 2.05) is 52.0 Å². The predicted octanol–water partition coefficient (Wildman–Crippen LogP) is 4.84. The Bertz CT molecular complexity index is 1420. The summed E-state index contributed by atoms with van der Waals surface area (Å²) in [6.45, 7) is 8.98. The van der Waals surface area contributed by atoms with Gasteiger partial charge in [0.2, 0.25) is 11.8 Å². The van der Waals surface area contributed by atoms with Crippen molar-refractivity contribution in [2.75, 3.05) is 18.0 Å². The van der Waals surface area contributed by atoms with E-state index < -0.39 is 28.5 Å². The highest BCUT2D eigenvalue weighted by Crippen LogP contribution is 2.28. The van der Waals surface area contributed by atoms with Gasteiger partial charge in [-0.3, -0.25) is 13.9 Å². The van der Waals surface area contributed by atoms with Gasteiger partial charge < -0.3 is 15.0 Å². The number of methoxy groups -OCH3 is 1. The van der Waals surface area contributed by atoms with Gasteiger partial charge in [0.25, 0.3) is 10.0 Å². The molecule has 0 radical (unpaired) electrons. The quantitative estimate of drug-likeness (QED) is 0.339. The van der Waals surface area contributed by atoms with E-state index >= 15 is 0 Å². The van der Waals surface area contributed by atoms with Crippen LogP contribution in [0.15, 0.2) is 77.7 Å². The maximum absolute atomic E-state index is 14.0. The summed E-state index contributed by atoms with van der Waals surface area (Å²) < 4.78 is 34.3. The molecule has 1 N–H and O–H groups in total. The lowest BCUT2D eigenvalue weighted by molar-refractivity contribution is -0.139. The summed E-state index contributed by atoms with van der Waals surface area (Å²) in [5, 5.41) is 2.95. The highest BCUT2D eigenvalue weighted by atomic mass is 32.2. The fraction of sp³-hybridized carbons (Fsp3) is 0.355. The summed E-state index contributed by atoms with van der Waals surface area (Å²) in [7, 11) is -2.65. The van der Waals surface area contributed by atoms with Crippen LogP contribution in [0.4, 0.5) is 5.69 Å². The monoisotopic (exact) mass is 565 g/mol. The first kappa shape index (κ1) is 30.7. The lowest BCUT2D eigenvalue weighted by Crippen LogP contribution is -2.52. The number of nitrogens with one attached hydrogen (secondary N) is 1. The summed E-state index contributed by atoms with van der Waals surface area (Å²) in [6.07, 6.45) is 0.739. The average molecular weight is 566 g/mol. The smallest absolute Gasteiger partial charge is 0.264 e. The number of sulfonamides is 1. The van der Waals surface area contributed by atoms with Crippen molar-refractivity contribution in [1.82, 2.24) is 10.2 Å². The summed E-state index contributed by atoms with van der Waals surface area (Å²) >= 11 is 0. The number of anilines is 1. The van der Waals surface area contributed by atoms with Crippen LogP contribution in [0.5, 0.6) is 5.75 Å². The Kier molecular flexibility index (Phi) is 10.3. The normalized spacial score (nSPS) is 12.8. The molecule has 0 aromatic heterocycles. The van der Waals surface area contributed by atoms with E-state index in [0.29, 0.717) is 5.75 Å². The van der Waals surface area contributed by atoms with E-state index in [-0.39, 0.29) is 29.1 Å². The largest absolute Gasteiger partial charge is 0.497 e. The summed E-state index contributed by atoms with van der Waals surface area (Å²) in [5.41, 5.74) is 3.02. The van der Waals surface area contributed by atoms with Gasteiger partial charge in [-0.05, 0) is 69.5 Å². The second-order valence-corrected chi connectivity index (χ2v) is 11.8. The molecule has 0 fully saturated rings. The molecule has 3 aromatic carbocycles. The molecule has 3 aromatic rings. The van der Waals surface area contributed by atoms with Crippen LogP contribution in [0.1, 0.15) is 43.9 Å². The summed E-state index contributed by atoms with van der Waals surface area (Å²) in [4.78, 5) is 28.7. The molecule has 40 heavy (non-hydrogen) atoms. The second kappa shape index (κ2) is 13.5. The van der Waals surface area contributed by atoms with Gasteiger partial charge in [0.05, 0.1) is 17.7 Å². The number of hydrogen-bond acceptors (Lipinski definition) is 5. The molecule has 3 rings (SSSR count). The van der Waals surface area contributed by atoms with E-state index in [1.165, 1.54) is 24.1 Å². The third-order valence-electron chi connectivity index (χ3n) is 7.00. The molecule has 0 aliphatic carbocycles. The first-order valence-corrected chi connectivity index (χ1v) is 14.8. The van der Waals surface area contributed by atoms with Crippen LogP contribution in [-0.4, -0.2) is 50.9 Å². The number of ether oxygens (including phenoxy) is 1. The Labute approximate surface area is 238 Å². The number of carbonyl (C=O) groups excluding carboxylic acids is 2. The number of amides is 2.